The zero-order valence-corrected chi connectivity index (χ0v) is 11.4. The molecule has 0 spiro atoms. The zero-order valence-electron chi connectivity index (χ0n) is 11.4. The van der Waals surface area contributed by atoms with Gasteiger partial charge in [-0.05, 0) is 38.6 Å². The molecular formula is C14H28N2O. The minimum absolute atomic E-state index is 0.234. The first-order valence-electron chi connectivity index (χ1n) is 7.29. The fourth-order valence-electron chi connectivity index (χ4n) is 2.50. The first-order valence-corrected chi connectivity index (χ1v) is 7.29. The molecule has 1 aliphatic heterocycles. The lowest BCUT2D eigenvalue weighted by molar-refractivity contribution is -0.122. The van der Waals surface area contributed by atoms with Crippen molar-refractivity contribution in [1.29, 1.82) is 0 Å². The molecule has 1 amide bonds. The molecule has 0 aliphatic carbocycles. The molecule has 0 aromatic rings. The Morgan fingerprint density at radius 3 is 2.82 bits per heavy atom. The molecular weight excluding hydrogens is 212 g/mol. The molecule has 3 heteroatoms. The summed E-state index contributed by atoms with van der Waals surface area (Å²) in [5.74, 6) is 0.234. The van der Waals surface area contributed by atoms with Crippen molar-refractivity contribution in [2.45, 2.75) is 77.3 Å². The quantitative estimate of drug-likeness (QED) is 0.718. The lowest BCUT2D eigenvalue weighted by Gasteiger charge is -2.23. The second-order valence-corrected chi connectivity index (χ2v) is 5.15. The lowest BCUT2D eigenvalue weighted by Crippen LogP contribution is -2.37. The van der Waals surface area contributed by atoms with Crippen LogP contribution >= 0.6 is 0 Å². The third kappa shape index (κ3) is 6.06. The van der Waals surface area contributed by atoms with E-state index in [1.807, 2.05) is 0 Å². The van der Waals surface area contributed by atoms with Gasteiger partial charge in [0.05, 0.1) is 0 Å². The summed E-state index contributed by atoms with van der Waals surface area (Å²) in [4.78, 5) is 11.8. The van der Waals surface area contributed by atoms with Crippen molar-refractivity contribution in [2.75, 3.05) is 6.54 Å². The number of carbonyl (C=O) groups excluding carboxylic acids is 1. The van der Waals surface area contributed by atoms with E-state index in [-0.39, 0.29) is 5.91 Å². The number of carbonyl (C=O) groups is 1. The molecule has 0 radical (unpaired) electrons. The summed E-state index contributed by atoms with van der Waals surface area (Å²) in [6, 6.07) is 0.951. The van der Waals surface area contributed by atoms with E-state index >= 15 is 0 Å². The van der Waals surface area contributed by atoms with Gasteiger partial charge in [-0.2, -0.15) is 0 Å². The van der Waals surface area contributed by atoms with Crippen LogP contribution < -0.4 is 10.6 Å². The average Bonchev–Trinajstić information content (AvgIpc) is 2.37. The standard InChI is InChI=1S/C14H28N2O/c1-3-7-12(4-2)16-14(17)10-9-13-8-5-6-11-15-13/h12-13,15H,3-11H2,1-2H3,(H,16,17). The van der Waals surface area contributed by atoms with Crippen LogP contribution in [0.25, 0.3) is 0 Å². The SMILES string of the molecule is CCCC(CC)NC(=O)CCC1CCCCN1. The Labute approximate surface area is 106 Å². The normalized spacial score (nSPS) is 22.1. The summed E-state index contributed by atoms with van der Waals surface area (Å²) in [6.45, 7) is 5.43. The maximum absolute atomic E-state index is 11.8. The van der Waals surface area contributed by atoms with Crippen molar-refractivity contribution in [2.24, 2.45) is 0 Å². The molecule has 1 aliphatic rings. The van der Waals surface area contributed by atoms with E-state index < -0.39 is 0 Å². The maximum Gasteiger partial charge on any atom is 0.220 e. The van der Waals surface area contributed by atoms with Crippen molar-refractivity contribution in [3.8, 4) is 0 Å². The minimum Gasteiger partial charge on any atom is -0.353 e. The van der Waals surface area contributed by atoms with Crippen molar-refractivity contribution in [3.05, 3.63) is 0 Å². The highest BCUT2D eigenvalue weighted by atomic mass is 16.1. The number of piperidine rings is 1. The monoisotopic (exact) mass is 240 g/mol. The Morgan fingerprint density at radius 2 is 2.24 bits per heavy atom. The van der Waals surface area contributed by atoms with Crippen LogP contribution in [-0.2, 0) is 4.79 Å². The van der Waals surface area contributed by atoms with Gasteiger partial charge in [0, 0.05) is 18.5 Å². The van der Waals surface area contributed by atoms with Crippen LogP contribution in [0.2, 0.25) is 0 Å². The van der Waals surface area contributed by atoms with E-state index in [1.54, 1.807) is 0 Å². The zero-order chi connectivity index (χ0) is 12.5. The molecule has 0 saturated carbocycles. The fraction of sp³-hybridized carbons (Fsp3) is 0.929. The van der Waals surface area contributed by atoms with Gasteiger partial charge in [0.25, 0.3) is 0 Å². The predicted molar refractivity (Wildman–Crippen MR) is 72.0 cm³/mol. The number of rotatable bonds is 7. The van der Waals surface area contributed by atoms with Crippen molar-refractivity contribution < 1.29 is 4.79 Å². The number of hydrogen-bond donors (Lipinski definition) is 2. The van der Waals surface area contributed by atoms with E-state index in [2.05, 4.69) is 24.5 Å². The first-order chi connectivity index (χ1) is 8.26. The Morgan fingerprint density at radius 1 is 1.41 bits per heavy atom. The Bertz CT molecular complexity index is 212. The van der Waals surface area contributed by atoms with Crippen molar-refractivity contribution in [1.82, 2.24) is 10.6 Å². The largest absolute Gasteiger partial charge is 0.353 e. The summed E-state index contributed by atoms with van der Waals surface area (Å²) in [7, 11) is 0. The topological polar surface area (TPSA) is 41.1 Å². The van der Waals surface area contributed by atoms with Gasteiger partial charge in [0.1, 0.15) is 0 Å². The van der Waals surface area contributed by atoms with Gasteiger partial charge < -0.3 is 10.6 Å². The second kappa shape index (κ2) is 8.51. The first kappa shape index (κ1) is 14.5. The summed E-state index contributed by atoms with van der Waals surface area (Å²) < 4.78 is 0. The molecule has 1 rings (SSSR count). The van der Waals surface area contributed by atoms with Gasteiger partial charge in [-0.15, -0.1) is 0 Å². The molecule has 0 aromatic carbocycles. The van der Waals surface area contributed by atoms with Gasteiger partial charge in [0.2, 0.25) is 5.91 Å². The average molecular weight is 240 g/mol. The molecule has 0 bridgehead atoms. The van der Waals surface area contributed by atoms with Crippen LogP contribution in [0.15, 0.2) is 0 Å². The predicted octanol–water partition coefficient (Wildman–Crippen LogP) is 2.60. The second-order valence-electron chi connectivity index (χ2n) is 5.15. The molecule has 17 heavy (non-hydrogen) atoms. The lowest BCUT2D eigenvalue weighted by atomic mass is 10.00. The van der Waals surface area contributed by atoms with Crippen LogP contribution in [0.4, 0.5) is 0 Å². The van der Waals surface area contributed by atoms with Crippen LogP contribution in [0, 0.1) is 0 Å². The summed E-state index contributed by atoms with van der Waals surface area (Å²) in [6.07, 6.45) is 8.80. The summed E-state index contributed by atoms with van der Waals surface area (Å²) in [5, 5.41) is 6.63. The molecule has 100 valence electrons. The van der Waals surface area contributed by atoms with Gasteiger partial charge in [-0.1, -0.05) is 26.7 Å². The fourth-order valence-corrected chi connectivity index (χ4v) is 2.50. The summed E-state index contributed by atoms with van der Waals surface area (Å²) in [5.41, 5.74) is 0. The van der Waals surface area contributed by atoms with Gasteiger partial charge in [-0.3, -0.25) is 4.79 Å². The van der Waals surface area contributed by atoms with Crippen LogP contribution in [0.5, 0.6) is 0 Å². The highest BCUT2D eigenvalue weighted by Gasteiger charge is 2.15. The van der Waals surface area contributed by atoms with E-state index in [9.17, 15) is 4.79 Å². The van der Waals surface area contributed by atoms with Gasteiger partial charge >= 0.3 is 0 Å². The minimum atomic E-state index is 0.234. The van der Waals surface area contributed by atoms with E-state index in [0.717, 1.165) is 32.2 Å². The van der Waals surface area contributed by atoms with Crippen LogP contribution in [-0.4, -0.2) is 24.5 Å². The Kier molecular flexibility index (Phi) is 7.25. The Balaban J connectivity index is 2.14. The summed E-state index contributed by atoms with van der Waals surface area (Å²) >= 11 is 0. The molecule has 2 unspecified atom stereocenters. The number of hydrogen-bond acceptors (Lipinski definition) is 2. The van der Waals surface area contributed by atoms with E-state index in [4.69, 9.17) is 0 Å². The highest BCUT2D eigenvalue weighted by molar-refractivity contribution is 5.76. The molecule has 2 atom stereocenters. The third-order valence-corrected chi connectivity index (χ3v) is 3.63. The third-order valence-electron chi connectivity index (χ3n) is 3.63. The molecule has 0 aromatic heterocycles. The maximum atomic E-state index is 11.8. The van der Waals surface area contributed by atoms with E-state index in [1.165, 1.54) is 19.3 Å². The van der Waals surface area contributed by atoms with Crippen molar-refractivity contribution >= 4 is 5.91 Å². The van der Waals surface area contributed by atoms with Crippen LogP contribution in [0.1, 0.15) is 65.2 Å². The van der Waals surface area contributed by atoms with Gasteiger partial charge in [0.15, 0.2) is 0 Å². The number of nitrogens with one attached hydrogen (secondary N) is 2. The molecule has 3 nitrogen and oxygen atoms in total. The van der Waals surface area contributed by atoms with Crippen molar-refractivity contribution in [3.63, 3.8) is 0 Å². The number of amides is 1. The van der Waals surface area contributed by atoms with Crippen LogP contribution in [0.3, 0.4) is 0 Å². The molecule has 2 N–H and O–H groups in total. The van der Waals surface area contributed by atoms with E-state index in [0.29, 0.717) is 18.5 Å². The highest BCUT2D eigenvalue weighted by Crippen LogP contribution is 2.12. The molecule has 1 heterocycles. The smallest absolute Gasteiger partial charge is 0.220 e. The molecule has 1 fully saturated rings. The molecule has 1 saturated heterocycles. The van der Waals surface area contributed by atoms with Gasteiger partial charge in [-0.25, -0.2) is 0 Å². The Hall–Kier alpha value is -0.570.